The van der Waals surface area contributed by atoms with Crippen LogP contribution in [0.25, 0.3) is 0 Å². The number of halogens is 1. The Morgan fingerprint density at radius 1 is 1.43 bits per heavy atom. The second-order valence-electron chi connectivity index (χ2n) is 3.86. The van der Waals surface area contributed by atoms with Gasteiger partial charge in [-0.15, -0.1) is 0 Å². The van der Waals surface area contributed by atoms with Gasteiger partial charge in [0.15, 0.2) is 11.4 Å². The number of hydrogen-bond donors (Lipinski definition) is 3. The molecule has 0 saturated carbocycles. The number of nitrogens with zero attached hydrogens (tertiary/aromatic N) is 2. The number of ether oxygens (including phenoxy) is 2. The molecule has 0 aromatic carbocycles. The Morgan fingerprint density at radius 3 is 2.67 bits per heavy atom. The molecule has 1 heterocycles. The Bertz CT molecular complexity index is 504. The first-order valence-electron chi connectivity index (χ1n) is 6.03. The fourth-order valence-electron chi connectivity index (χ4n) is 1.60. The van der Waals surface area contributed by atoms with E-state index < -0.39 is 24.3 Å². The number of nitrogens with one attached hydrogen (secondary N) is 1. The molecule has 10 heteroatoms. The molecule has 0 aliphatic heterocycles. The van der Waals surface area contributed by atoms with Crippen molar-refractivity contribution in [2.24, 2.45) is 0 Å². The average Bonchev–Trinajstić information content (AvgIpc) is 2.84. The third-order valence-electron chi connectivity index (χ3n) is 2.52. The Hall–Kier alpha value is -2.20. The van der Waals surface area contributed by atoms with E-state index in [9.17, 15) is 14.0 Å². The van der Waals surface area contributed by atoms with Gasteiger partial charge in [-0.2, -0.15) is 5.10 Å². The number of aromatic carboxylic acids is 1. The van der Waals surface area contributed by atoms with Gasteiger partial charge in [-0.05, 0) is 6.42 Å². The predicted octanol–water partition coefficient (Wildman–Crippen LogP) is 0.545. The van der Waals surface area contributed by atoms with Crippen LogP contribution in [0.1, 0.15) is 27.4 Å². The number of hydrogen-bond acceptors (Lipinski definition) is 7. The fraction of sp³-hybridized carbons (Fsp3) is 0.545. The maximum atomic E-state index is 11.9. The molecule has 21 heavy (non-hydrogen) atoms. The number of anilines is 1. The molecule has 0 spiro atoms. The number of alkyl halides is 1. The molecule has 9 nitrogen and oxygen atoms in total. The van der Waals surface area contributed by atoms with Gasteiger partial charge >= 0.3 is 11.9 Å². The molecule has 0 atom stereocenters. The van der Waals surface area contributed by atoms with Crippen molar-refractivity contribution in [2.75, 3.05) is 32.5 Å². The number of methoxy groups -OCH3 is 1. The summed E-state index contributed by atoms with van der Waals surface area (Å²) in [5, 5.41) is 21.9. The Kier molecular flexibility index (Phi) is 6.56. The van der Waals surface area contributed by atoms with Crippen molar-refractivity contribution in [3.8, 4) is 0 Å². The summed E-state index contributed by atoms with van der Waals surface area (Å²) in [6, 6.07) is 0. The molecule has 0 aliphatic carbocycles. The van der Waals surface area contributed by atoms with Gasteiger partial charge in [-0.3, -0.25) is 19.8 Å². The number of carboxylic acid groups (broad SMARTS) is 1. The van der Waals surface area contributed by atoms with Crippen LogP contribution in [0.15, 0.2) is 0 Å². The minimum Gasteiger partial charge on any atom is -0.476 e. The minimum absolute atomic E-state index is 0.0135. The molecule has 0 saturated heterocycles. The second-order valence-corrected chi connectivity index (χ2v) is 3.86. The van der Waals surface area contributed by atoms with E-state index in [-0.39, 0.29) is 37.6 Å². The van der Waals surface area contributed by atoms with Crippen molar-refractivity contribution in [1.82, 2.24) is 9.78 Å². The number of esters is 1. The van der Waals surface area contributed by atoms with Crippen LogP contribution in [0.4, 0.5) is 10.1 Å². The Labute approximate surface area is 119 Å². The zero-order valence-corrected chi connectivity index (χ0v) is 11.3. The standard InChI is InChI=1S/C11H16FN3O6/c1-20-11(18)8-7(14-19)9(10(16)17)15(13-8)4-6-21-5-2-3-12/h14,19H,2-6H2,1H3,(H,16,17). The van der Waals surface area contributed by atoms with Crippen molar-refractivity contribution in [3.63, 3.8) is 0 Å². The van der Waals surface area contributed by atoms with Crippen molar-refractivity contribution in [3.05, 3.63) is 11.4 Å². The summed E-state index contributed by atoms with van der Waals surface area (Å²) in [4.78, 5) is 22.7. The molecular formula is C11H16FN3O6. The van der Waals surface area contributed by atoms with E-state index in [1.54, 1.807) is 5.48 Å². The summed E-state index contributed by atoms with van der Waals surface area (Å²) in [5.74, 6) is -2.29. The van der Waals surface area contributed by atoms with Crippen LogP contribution < -0.4 is 5.48 Å². The highest BCUT2D eigenvalue weighted by molar-refractivity contribution is 6.01. The Balaban J connectivity index is 2.93. The fourth-order valence-corrected chi connectivity index (χ4v) is 1.60. The zero-order chi connectivity index (χ0) is 15.8. The minimum atomic E-state index is -1.39. The number of carboxylic acids is 1. The third kappa shape index (κ3) is 4.13. The van der Waals surface area contributed by atoms with E-state index in [0.717, 1.165) is 11.8 Å². The van der Waals surface area contributed by atoms with E-state index in [2.05, 4.69) is 9.84 Å². The molecular weight excluding hydrogens is 289 g/mol. The van der Waals surface area contributed by atoms with Gasteiger partial charge in [-0.25, -0.2) is 9.59 Å². The largest absolute Gasteiger partial charge is 0.476 e. The normalized spacial score (nSPS) is 10.4. The molecule has 0 amide bonds. The Morgan fingerprint density at radius 2 is 2.14 bits per heavy atom. The predicted molar refractivity (Wildman–Crippen MR) is 67.3 cm³/mol. The number of carbonyl (C=O) groups is 2. The molecule has 1 aromatic rings. The first-order chi connectivity index (χ1) is 10.1. The van der Waals surface area contributed by atoms with E-state index >= 15 is 0 Å². The molecule has 1 aromatic heterocycles. The van der Waals surface area contributed by atoms with E-state index in [1.807, 2.05) is 0 Å². The van der Waals surface area contributed by atoms with Gasteiger partial charge in [0.2, 0.25) is 0 Å². The highest BCUT2D eigenvalue weighted by Gasteiger charge is 2.27. The van der Waals surface area contributed by atoms with E-state index in [1.165, 1.54) is 0 Å². The second kappa shape index (κ2) is 8.17. The SMILES string of the molecule is COC(=O)c1nn(CCOCCCF)c(C(=O)O)c1NO. The van der Waals surface area contributed by atoms with Gasteiger partial charge in [0.05, 0.1) is 26.9 Å². The van der Waals surface area contributed by atoms with Crippen LogP contribution in [-0.4, -0.2) is 59.0 Å². The van der Waals surface area contributed by atoms with Gasteiger partial charge in [-0.1, -0.05) is 0 Å². The first kappa shape index (κ1) is 16.9. The third-order valence-corrected chi connectivity index (χ3v) is 2.52. The van der Waals surface area contributed by atoms with Crippen molar-refractivity contribution >= 4 is 17.6 Å². The lowest BCUT2D eigenvalue weighted by Gasteiger charge is -2.06. The van der Waals surface area contributed by atoms with Crippen LogP contribution in [0.5, 0.6) is 0 Å². The topological polar surface area (TPSA) is 123 Å². The highest BCUT2D eigenvalue weighted by atomic mass is 19.1. The summed E-state index contributed by atoms with van der Waals surface area (Å²) in [6.45, 7) is -0.227. The van der Waals surface area contributed by atoms with Crippen LogP contribution >= 0.6 is 0 Å². The van der Waals surface area contributed by atoms with Crippen LogP contribution in [0.2, 0.25) is 0 Å². The van der Waals surface area contributed by atoms with Crippen molar-refractivity contribution in [1.29, 1.82) is 0 Å². The first-order valence-corrected chi connectivity index (χ1v) is 6.03. The smallest absolute Gasteiger partial charge is 0.360 e. The molecule has 118 valence electrons. The quantitative estimate of drug-likeness (QED) is 0.343. The van der Waals surface area contributed by atoms with Crippen molar-refractivity contribution in [2.45, 2.75) is 13.0 Å². The molecule has 0 fully saturated rings. The molecule has 0 aliphatic rings. The van der Waals surface area contributed by atoms with Crippen LogP contribution in [0, 0.1) is 0 Å². The van der Waals surface area contributed by atoms with Gasteiger partial charge < -0.3 is 14.6 Å². The van der Waals surface area contributed by atoms with Gasteiger partial charge in [0.25, 0.3) is 0 Å². The summed E-state index contributed by atoms with van der Waals surface area (Å²) in [6.07, 6.45) is 0.238. The van der Waals surface area contributed by atoms with E-state index in [4.69, 9.17) is 15.1 Å². The summed E-state index contributed by atoms with van der Waals surface area (Å²) in [5.41, 5.74) is 0.503. The summed E-state index contributed by atoms with van der Waals surface area (Å²) >= 11 is 0. The molecule has 1 rings (SSSR count). The summed E-state index contributed by atoms with van der Waals surface area (Å²) in [7, 11) is 1.10. The maximum absolute atomic E-state index is 11.9. The van der Waals surface area contributed by atoms with Crippen LogP contribution in [0.3, 0.4) is 0 Å². The van der Waals surface area contributed by atoms with Gasteiger partial charge in [0.1, 0.15) is 5.69 Å². The van der Waals surface area contributed by atoms with Crippen LogP contribution in [-0.2, 0) is 16.0 Å². The molecule has 3 N–H and O–H groups in total. The zero-order valence-electron chi connectivity index (χ0n) is 11.3. The van der Waals surface area contributed by atoms with E-state index in [0.29, 0.717) is 0 Å². The molecule has 0 bridgehead atoms. The lowest BCUT2D eigenvalue weighted by atomic mass is 10.3. The number of aromatic nitrogens is 2. The van der Waals surface area contributed by atoms with Gasteiger partial charge in [0, 0.05) is 6.61 Å². The molecule has 0 radical (unpaired) electrons. The monoisotopic (exact) mass is 305 g/mol. The number of rotatable bonds is 9. The average molecular weight is 305 g/mol. The maximum Gasteiger partial charge on any atom is 0.360 e. The highest BCUT2D eigenvalue weighted by Crippen LogP contribution is 2.21. The number of carbonyl (C=O) groups excluding carboxylic acids is 1. The lowest BCUT2D eigenvalue weighted by Crippen LogP contribution is -2.15. The lowest BCUT2D eigenvalue weighted by molar-refractivity contribution is 0.0590. The molecule has 0 unspecified atom stereocenters. The van der Waals surface area contributed by atoms with Crippen molar-refractivity contribution < 1.29 is 33.8 Å². The summed E-state index contributed by atoms with van der Waals surface area (Å²) < 4.78 is 22.4.